The Morgan fingerprint density at radius 1 is 0.960 bits per heavy atom. The third-order valence-corrected chi connectivity index (χ3v) is 4.10. The summed E-state index contributed by atoms with van der Waals surface area (Å²) in [5.74, 6) is 0.559. The van der Waals surface area contributed by atoms with E-state index < -0.39 is 0 Å². The van der Waals surface area contributed by atoms with Gasteiger partial charge in [-0.1, -0.05) is 28.1 Å². The van der Waals surface area contributed by atoms with Crippen LogP contribution in [0, 0.1) is 13.8 Å². The summed E-state index contributed by atoms with van der Waals surface area (Å²) in [4.78, 5) is 16.6. The molecule has 1 amide bonds. The fourth-order valence-electron chi connectivity index (χ4n) is 2.57. The molecule has 2 aromatic carbocycles. The molecule has 0 aliphatic heterocycles. The monoisotopic (exact) mass is 395 g/mol. The molecule has 0 atom stereocenters. The second-order valence-electron chi connectivity index (χ2n) is 5.90. The number of halogens is 1. The summed E-state index contributed by atoms with van der Waals surface area (Å²) in [6, 6.07) is 17.2. The molecule has 0 fully saturated rings. The molecule has 0 spiro atoms. The van der Waals surface area contributed by atoms with Crippen LogP contribution in [0.3, 0.4) is 0 Å². The zero-order valence-corrected chi connectivity index (χ0v) is 15.6. The third-order valence-electron chi connectivity index (χ3n) is 3.60. The second kappa shape index (κ2) is 7.49. The molecule has 3 rings (SSSR count). The van der Waals surface area contributed by atoms with Crippen molar-refractivity contribution in [1.29, 1.82) is 0 Å². The molecule has 0 radical (unpaired) electrons. The summed E-state index contributed by atoms with van der Waals surface area (Å²) in [5.41, 5.74) is 4.62. The van der Waals surface area contributed by atoms with Gasteiger partial charge in [0, 0.05) is 15.7 Å². The first-order chi connectivity index (χ1) is 12.0. The molecular formula is C20H18BrN3O. The molecular weight excluding hydrogens is 378 g/mol. The fourth-order valence-corrected chi connectivity index (χ4v) is 2.97. The van der Waals surface area contributed by atoms with Crippen molar-refractivity contribution in [2.75, 3.05) is 10.6 Å². The number of anilines is 3. The van der Waals surface area contributed by atoms with E-state index in [-0.39, 0.29) is 5.91 Å². The van der Waals surface area contributed by atoms with Gasteiger partial charge in [0.2, 0.25) is 0 Å². The van der Waals surface area contributed by atoms with Gasteiger partial charge in [-0.2, -0.15) is 0 Å². The largest absolute Gasteiger partial charge is 0.340 e. The molecule has 0 aliphatic rings. The Balaban J connectivity index is 1.68. The maximum absolute atomic E-state index is 12.2. The molecule has 0 saturated carbocycles. The summed E-state index contributed by atoms with van der Waals surface area (Å²) in [6.45, 7) is 4.12. The zero-order chi connectivity index (χ0) is 17.8. The molecule has 4 nitrogen and oxygen atoms in total. The molecule has 3 aromatic rings. The molecule has 0 bridgehead atoms. The third kappa shape index (κ3) is 4.67. The summed E-state index contributed by atoms with van der Waals surface area (Å²) in [6.07, 6.45) is 1.64. The van der Waals surface area contributed by atoms with Crippen LogP contribution in [0.2, 0.25) is 0 Å². The van der Waals surface area contributed by atoms with Gasteiger partial charge < -0.3 is 10.6 Å². The van der Waals surface area contributed by atoms with Gasteiger partial charge in [0.15, 0.2) is 0 Å². The number of nitrogens with zero attached hydrogens (tertiary/aromatic N) is 1. The predicted octanol–water partition coefficient (Wildman–Crippen LogP) is 5.46. The van der Waals surface area contributed by atoms with Gasteiger partial charge in [0.25, 0.3) is 5.91 Å². The van der Waals surface area contributed by atoms with Crippen molar-refractivity contribution in [1.82, 2.24) is 4.98 Å². The van der Waals surface area contributed by atoms with Crippen molar-refractivity contribution in [3.05, 3.63) is 82.0 Å². The van der Waals surface area contributed by atoms with Crippen LogP contribution in [0.4, 0.5) is 17.2 Å². The van der Waals surface area contributed by atoms with Crippen LogP contribution >= 0.6 is 15.9 Å². The van der Waals surface area contributed by atoms with Crippen LogP contribution in [0.15, 0.2) is 65.3 Å². The number of carbonyl (C=O) groups excluding carboxylic acids is 1. The Labute approximate surface area is 155 Å². The van der Waals surface area contributed by atoms with E-state index in [9.17, 15) is 4.79 Å². The number of aromatic nitrogens is 1. The maximum atomic E-state index is 12.2. The summed E-state index contributed by atoms with van der Waals surface area (Å²) in [5, 5.41) is 6.12. The van der Waals surface area contributed by atoms with Crippen LogP contribution < -0.4 is 10.6 Å². The standard InChI is InChI=1S/C20H18BrN3O/c1-13-8-14(2)10-18(9-13)23-19-7-6-17(12-22-19)24-20(25)15-4-3-5-16(21)11-15/h3-12H,1-2H3,(H,22,23)(H,24,25). The van der Waals surface area contributed by atoms with E-state index >= 15 is 0 Å². The lowest BCUT2D eigenvalue weighted by molar-refractivity contribution is 0.102. The molecule has 0 saturated heterocycles. The number of benzene rings is 2. The summed E-state index contributed by atoms with van der Waals surface area (Å²) < 4.78 is 0.867. The van der Waals surface area contributed by atoms with Gasteiger partial charge in [-0.25, -0.2) is 4.98 Å². The highest BCUT2D eigenvalue weighted by atomic mass is 79.9. The van der Waals surface area contributed by atoms with E-state index in [1.807, 2.05) is 24.3 Å². The molecule has 2 N–H and O–H groups in total. The van der Waals surface area contributed by atoms with Crippen molar-refractivity contribution in [3.8, 4) is 0 Å². The average Bonchev–Trinajstić information content (AvgIpc) is 2.56. The second-order valence-corrected chi connectivity index (χ2v) is 6.81. The van der Waals surface area contributed by atoms with Gasteiger partial charge in [-0.05, 0) is 67.4 Å². The Morgan fingerprint density at radius 3 is 2.36 bits per heavy atom. The molecule has 25 heavy (non-hydrogen) atoms. The lowest BCUT2D eigenvalue weighted by atomic mass is 10.1. The zero-order valence-electron chi connectivity index (χ0n) is 14.0. The van der Waals surface area contributed by atoms with E-state index in [0.29, 0.717) is 11.3 Å². The topological polar surface area (TPSA) is 54.0 Å². The minimum absolute atomic E-state index is 0.168. The van der Waals surface area contributed by atoms with Crippen molar-refractivity contribution < 1.29 is 4.79 Å². The Kier molecular flexibility index (Phi) is 5.14. The van der Waals surface area contributed by atoms with Crippen molar-refractivity contribution in [3.63, 3.8) is 0 Å². The first-order valence-corrected chi connectivity index (χ1v) is 8.67. The molecule has 126 valence electrons. The highest BCUT2D eigenvalue weighted by Gasteiger charge is 2.07. The molecule has 5 heteroatoms. The van der Waals surface area contributed by atoms with Crippen LogP contribution in [-0.4, -0.2) is 10.9 Å². The van der Waals surface area contributed by atoms with Crippen LogP contribution in [0.5, 0.6) is 0 Å². The maximum Gasteiger partial charge on any atom is 0.255 e. The van der Waals surface area contributed by atoms with Gasteiger partial charge >= 0.3 is 0 Å². The van der Waals surface area contributed by atoms with Crippen molar-refractivity contribution in [2.45, 2.75) is 13.8 Å². The molecule has 0 aliphatic carbocycles. The smallest absolute Gasteiger partial charge is 0.255 e. The Hall–Kier alpha value is -2.66. The highest BCUT2D eigenvalue weighted by molar-refractivity contribution is 9.10. The fraction of sp³-hybridized carbons (Fsp3) is 0.100. The summed E-state index contributed by atoms with van der Waals surface area (Å²) in [7, 11) is 0. The van der Waals surface area contributed by atoms with Crippen LogP contribution in [0.25, 0.3) is 0 Å². The highest BCUT2D eigenvalue weighted by Crippen LogP contribution is 2.20. The van der Waals surface area contributed by atoms with E-state index in [4.69, 9.17) is 0 Å². The van der Waals surface area contributed by atoms with Gasteiger partial charge in [-0.15, -0.1) is 0 Å². The lowest BCUT2D eigenvalue weighted by Gasteiger charge is -2.09. The van der Waals surface area contributed by atoms with Gasteiger partial charge in [0.05, 0.1) is 11.9 Å². The number of carbonyl (C=O) groups is 1. The first kappa shape index (κ1) is 17.2. The Bertz CT molecular complexity index is 887. The first-order valence-electron chi connectivity index (χ1n) is 7.88. The average molecular weight is 396 g/mol. The molecule has 1 heterocycles. The molecule has 0 unspecified atom stereocenters. The number of rotatable bonds is 4. The number of hydrogen-bond donors (Lipinski definition) is 2. The quantitative estimate of drug-likeness (QED) is 0.616. The normalized spacial score (nSPS) is 10.4. The number of pyridine rings is 1. The lowest BCUT2D eigenvalue weighted by Crippen LogP contribution is -2.12. The minimum Gasteiger partial charge on any atom is -0.340 e. The van der Waals surface area contributed by atoms with E-state index in [1.54, 1.807) is 18.3 Å². The van der Waals surface area contributed by atoms with Crippen molar-refractivity contribution in [2.24, 2.45) is 0 Å². The van der Waals surface area contributed by atoms with Gasteiger partial charge in [-0.3, -0.25) is 4.79 Å². The van der Waals surface area contributed by atoms with E-state index in [0.717, 1.165) is 16.0 Å². The van der Waals surface area contributed by atoms with Gasteiger partial charge in [0.1, 0.15) is 5.82 Å². The van der Waals surface area contributed by atoms with E-state index in [1.165, 1.54) is 11.1 Å². The number of amides is 1. The number of hydrogen-bond acceptors (Lipinski definition) is 3. The SMILES string of the molecule is Cc1cc(C)cc(Nc2ccc(NC(=O)c3cccc(Br)c3)cn2)c1. The predicted molar refractivity (Wildman–Crippen MR) is 106 cm³/mol. The van der Waals surface area contributed by atoms with Crippen LogP contribution in [0.1, 0.15) is 21.5 Å². The minimum atomic E-state index is -0.168. The molecule has 1 aromatic heterocycles. The number of nitrogens with one attached hydrogen (secondary N) is 2. The van der Waals surface area contributed by atoms with Crippen molar-refractivity contribution >= 4 is 39.0 Å². The Morgan fingerprint density at radius 2 is 1.72 bits per heavy atom. The number of aryl methyl sites for hydroxylation is 2. The van der Waals surface area contributed by atoms with Crippen LogP contribution in [-0.2, 0) is 0 Å². The summed E-state index contributed by atoms with van der Waals surface area (Å²) >= 11 is 3.37. The van der Waals surface area contributed by atoms with E-state index in [2.05, 4.69) is 63.6 Å².